The molecule has 0 aliphatic carbocycles. The minimum Gasteiger partial charge on any atom is -0.508 e. The third kappa shape index (κ3) is 3.52. The Kier molecular flexibility index (Phi) is 4.04. The minimum absolute atomic E-state index is 0.180. The number of H-pyrrole nitrogens is 1. The number of carbonyl (C=O) groups is 1. The van der Waals surface area contributed by atoms with Crippen molar-refractivity contribution < 1.29 is 9.90 Å². The lowest BCUT2D eigenvalue weighted by Crippen LogP contribution is -2.12. The first kappa shape index (κ1) is 15.1. The van der Waals surface area contributed by atoms with Crippen molar-refractivity contribution in [1.82, 2.24) is 9.97 Å². The quantitative estimate of drug-likeness (QED) is 0.680. The molecule has 0 atom stereocenters. The minimum atomic E-state index is -0.305. The number of aryl methyl sites for hydroxylation is 1. The molecule has 23 heavy (non-hydrogen) atoms. The van der Waals surface area contributed by atoms with Crippen LogP contribution < -0.4 is 5.32 Å². The number of nitrogens with zero attached hydrogens (tertiary/aromatic N) is 1. The summed E-state index contributed by atoms with van der Waals surface area (Å²) >= 11 is 5.88. The molecule has 3 aromatic rings. The fourth-order valence-electron chi connectivity index (χ4n) is 2.26. The molecular formula is C17H14ClN3O2. The van der Waals surface area contributed by atoms with E-state index in [1.165, 1.54) is 0 Å². The van der Waals surface area contributed by atoms with Crippen molar-refractivity contribution in [2.75, 3.05) is 5.32 Å². The van der Waals surface area contributed by atoms with Gasteiger partial charge in [0.1, 0.15) is 5.75 Å². The third-order valence-corrected chi connectivity index (χ3v) is 3.50. The lowest BCUT2D eigenvalue weighted by Gasteiger charge is -2.03. The van der Waals surface area contributed by atoms with Gasteiger partial charge >= 0.3 is 0 Å². The van der Waals surface area contributed by atoms with E-state index in [-0.39, 0.29) is 11.7 Å². The Morgan fingerprint density at radius 1 is 1.26 bits per heavy atom. The Hall–Kier alpha value is -2.79. The van der Waals surface area contributed by atoms with Gasteiger partial charge in [-0.1, -0.05) is 17.7 Å². The zero-order valence-electron chi connectivity index (χ0n) is 12.3. The van der Waals surface area contributed by atoms with E-state index in [4.69, 9.17) is 11.6 Å². The predicted molar refractivity (Wildman–Crippen MR) is 89.8 cm³/mol. The molecule has 6 heteroatoms. The number of phenols is 1. The summed E-state index contributed by atoms with van der Waals surface area (Å²) in [6.07, 6.45) is 1.60. The average molecular weight is 328 g/mol. The van der Waals surface area contributed by atoms with Crippen LogP contribution in [-0.2, 0) is 0 Å². The molecule has 0 fully saturated rings. The molecular weight excluding hydrogens is 314 g/mol. The van der Waals surface area contributed by atoms with Gasteiger partial charge < -0.3 is 10.1 Å². The second kappa shape index (κ2) is 6.14. The van der Waals surface area contributed by atoms with E-state index in [0.717, 1.165) is 11.1 Å². The van der Waals surface area contributed by atoms with Crippen LogP contribution in [0.3, 0.4) is 0 Å². The number of benzene rings is 2. The molecule has 0 spiro atoms. The number of aromatic hydroxyl groups is 1. The lowest BCUT2D eigenvalue weighted by molar-refractivity contribution is 0.102. The van der Waals surface area contributed by atoms with E-state index in [1.54, 1.807) is 42.6 Å². The largest absolute Gasteiger partial charge is 0.508 e. The maximum atomic E-state index is 12.2. The number of aromatic amines is 1. The molecule has 0 saturated heterocycles. The van der Waals surface area contributed by atoms with Crippen molar-refractivity contribution in [1.29, 1.82) is 0 Å². The van der Waals surface area contributed by atoms with E-state index in [9.17, 15) is 9.90 Å². The molecule has 0 aliphatic heterocycles. The lowest BCUT2D eigenvalue weighted by atomic mass is 10.1. The number of amides is 1. The van der Waals surface area contributed by atoms with Crippen LogP contribution in [0.4, 0.5) is 5.95 Å². The Bertz CT molecular complexity index is 854. The van der Waals surface area contributed by atoms with Crippen LogP contribution in [0, 0.1) is 6.92 Å². The summed E-state index contributed by atoms with van der Waals surface area (Å²) in [4.78, 5) is 19.3. The Morgan fingerprint density at radius 3 is 2.83 bits per heavy atom. The van der Waals surface area contributed by atoms with Crippen molar-refractivity contribution in [2.24, 2.45) is 0 Å². The molecule has 0 bridgehead atoms. The molecule has 116 valence electrons. The molecule has 0 aliphatic rings. The number of hydrogen-bond acceptors (Lipinski definition) is 3. The van der Waals surface area contributed by atoms with E-state index in [2.05, 4.69) is 15.3 Å². The number of carbonyl (C=O) groups excluding carboxylic acids is 1. The fourth-order valence-corrected chi connectivity index (χ4v) is 2.45. The van der Waals surface area contributed by atoms with Crippen molar-refractivity contribution in [2.45, 2.75) is 6.92 Å². The summed E-state index contributed by atoms with van der Waals surface area (Å²) in [5.41, 5.74) is 2.87. The van der Waals surface area contributed by atoms with Gasteiger partial charge in [0.05, 0.1) is 11.9 Å². The fraction of sp³-hybridized carbons (Fsp3) is 0.0588. The van der Waals surface area contributed by atoms with Gasteiger partial charge in [-0.3, -0.25) is 10.1 Å². The van der Waals surface area contributed by atoms with Crippen LogP contribution >= 0.6 is 11.6 Å². The third-order valence-electron chi connectivity index (χ3n) is 3.27. The monoisotopic (exact) mass is 327 g/mol. The normalized spacial score (nSPS) is 10.5. The number of anilines is 1. The zero-order valence-corrected chi connectivity index (χ0v) is 13.1. The molecule has 0 saturated carbocycles. The Labute approximate surface area is 138 Å². The Balaban J connectivity index is 1.81. The van der Waals surface area contributed by atoms with Crippen LogP contribution in [0.1, 0.15) is 15.9 Å². The van der Waals surface area contributed by atoms with Gasteiger partial charge in [-0.15, -0.1) is 0 Å². The highest BCUT2D eigenvalue weighted by Gasteiger charge is 2.10. The predicted octanol–water partition coefficient (Wildman–Crippen LogP) is 4.00. The zero-order chi connectivity index (χ0) is 16.4. The molecule has 5 nitrogen and oxygen atoms in total. The maximum Gasteiger partial charge on any atom is 0.258 e. The van der Waals surface area contributed by atoms with Crippen molar-refractivity contribution in [3.05, 3.63) is 64.8 Å². The van der Waals surface area contributed by atoms with Gasteiger partial charge in [0.2, 0.25) is 5.95 Å². The first-order valence-electron chi connectivity index (χ1n) is 6.94. The number of aromatic nitrogens is 2. The van der Waals surface area contributed by atoms with Crippen LogP contribution in [0.25, 0.3) is 11.3 Å². The molecule has 1 amide bonds. The highest BCUT2D eigenvalue weighted by molar-refractivity contribution is 6.31. The highest BCUT2D eigenvalue weighted by Crippen LogP contribution is 2.24. The molecule has 2 aromatic carbocycles. The molecule has 0 unspecified atom stereocenters. The number of halogens is 1. The number of nitrogens with one attached hydrogen (secondary N) is 2. The summed E-state index contributed by atoms with van der Waals surface area (Å²) in [5.74, 6) is 0.200. The van der Waals surface area contributed by atoms with Crippen molar-refractivity contribution in [3.8, 4) is 17.0 Å². The van der Waals surface area contributed by atoms with Crippen LogP contribution in [0.2, 0.25) is 5.02 Å². The van der Waals surface area contributed by atoms with E-state index in [0.29, 0.717) is 22.2 Å². The maximum absolute atomic E-state index is 12.2. The topological polar surface area (TPSA) is 78.0 Å². The standard InChI is InChI=1S/C17H14ClN3O2/c1-10-5-12(8-14(22)6-10)15-9-19-17(20-15)21-16(23)11-3-2-4-13(18)7-11/h2-9,22H,1H3,(H2,19,20,21,23). The second-order valence-electron chi connectivity index (χ2n) is 5.17. The van der Waals surface area contributed by atoms with E-state index >= 15 is 0 Å². The van der Waals surface area contributed by atoms with E-state index < -0.39 is 0 Å². The smallest absolute Gasteiger partial charge is 0.258 e. The molecule has 0 radical (unpaired) electrons. The van der Waals surface area contributed by atoms with Gasteiger partial charge in [0, 0.05) is 16.1 Å². The van der Waals surface area contributed by atoms with Crippen LogP contribution in [-0.4, -0.2) is 21.0 Å². The summed E-state index contributed by atoms with van der Waals surface area (Å²) in [6.45, 7) is 1.89. The molecule has 1 heterocycles. The van der Waals surface area contributed by atoms with Gasteiger partial charge in [-0.25, -0.2) is 4.98 Å². The average Bonchev–Trinajstić information content (AvgIpc) is 2.95. The summed E-state index contributed by atoms with van der Waals surface area (Å²) in [7, 11) is 0. The SMILES string of the molecule is Cc1cc(O)cc(-c2cnc(NC(=O)c3cccc(Cl)c3)[nH]2)c1. The summed E-state index contributed by atoms with van der Waals surface area (Å²) in [6, 6.07) is 11.9. The second-order valence-corrected chi connectivity index (χ2v) is 5.60. The molecule has 1 aromatic heterocycles. The summed E-state index contributed by atoms with van der Waals surface area (Å²) < 4.78 is 0. The van der Waals surface area contributed by atoms with Crippen LogP contribution in [0.15, 0.2) is 48.7 Å². The van der Waals surface area contributed by atoms with Gasteiger partial charge in [0.15, 0.2) is 0 Å². The number of rotatable bonds is 3. The van der Waals surface area contributed by atoms with Gasteiger partial charge in [-0.2, -0.15) is 0 Å². The molecule has 3 rings (SSSR count). The van der Waals surface area contributed by atoms with Gasteiger partial charge in [0.25, 0.3) is 5.91 Å². The molecule has 3 N–H and O–H groups in total. The van der Waals surface area contributed by atoms with Crippen molar-refractivity contribution >= 4 is 23.5 Å². The van der Waals surface area contributed by atoms with E-state index in [1.807, 2.05) is 13.0 Å². The Morgan fingerprint density at radius 2 is 2.09 bits per heavy atom. The number of hydrogen-bond donors (Lipinski definition) is 3. The first-order valence-corrected chi connectivity index (χ1v) is 7.32. The first-order chi connectivity index (χ1) is 11.0. The van der Waals surface area contributed by atoms with Gasteiger partial charge in [-0.05, 0) is 48.9 Å². The highest BCUT2D eigenvalue weighted by atomic mass is 35.5. The van der Waals surface area contributed by atoms with Crippen LogP contribution in [0.5, 0.6) is 5.75 Å². The summed E-state index contributed by atoms with van der Waals surface area (Å²) in [5, 5.41) is 12.8. The number of imidazole rings is 1. The number of phenolic OH excluding ortho intramolecular Hbond substituents is 1. The van der Waals surface area contributed by atoms with Crippen molar-refractivity contribution in [3.63, 3.8) is 0 Å².